The Kier molecular flexibility index (Phi) is 15.6. The van der Waals surface area contributed by atoms with Crippen molar-refractivity contribution in [3.05, 3.63) is 35.4 Å². The number of unbranched alkanes of at least 4 members (excludes halogenated alkanes) is 8. The maximum atomic E-state index is 12.5. The molecule has 0 spiro atoms. The average Bonchev–Trinajstić information content (AvgIpc) is 2.78. The molecular weight excluding hydrogens is 392 g/mol. The minimum absolute atomic E-state index is 0.268. The van der Waals surface area contributed by atoms with E-state index in [1.165, 1.54) is 44.9 Å². The van der Waals surface area contributed by atoms with Crippen LogP contribution in [0.3, 0.4) is 0 Å². The summed E-state index contributed by atoms with van der Waals surface area (Å²) in [6.07, 6.45) is 12.6. The van der Waals surface area contributed by atoms with E-state index in [4.69, 9.17) is 14.2 Å². The van der Waals surface area contributed by atoms with Crippen LogP contribution in [0.15, 0.2) is 24.3 Å². The molecule has 176 valence electrons. The van der Waals surface area contributed by atoms with Crippen molar-refractivity contribution in [2.45, 2.75) is 84.5 Å². The fraction of sp³-hybridized carbons (Fsp3) is 0.692. The van der Waals surface area contributed by atoms with E-state index in [1.54, 1.807) is 31.4 Å². The number of carbonyl (C=O) groups excluding carboxylic acids is 2. The van der Waals surface area contributed by atoms with Gasteiger partial charge in [-0.05, 0) is 37.3 Å². The summed E-state index contributed by atoms with van der Waals surface area (Å²) in [7, 11) is 1.68. The van der Waals surface area contributed by atoms with Crippen molar-refractivity contribution >= 4 is 11.9 Å². The Morgan fingerprint density at radius 3 is 1.77 bits per heavy atom. The molecule has 1 aromatic carbocycles. The molecule has 1 aromatic rings. The first-order valence-electron chi connectivity index (χ1n) is 12.0. The molecule has 1 unspecified atom stereocenters. The first-order chi connectivity index (χ1) is 15.1. The highest BCUT2D eigenvalue weighted by Gasteiger charge is 2.19. The standard InChI is InChI=1S/C26H42O5/c1-4-5-6-7-8-9-10-11-14-19-30-25(27)23-15-12-13-16-24(23)26(28)31-21-18-22(2)17-20-29-3/h12-13,15-16,22H,4-11,14,17-21H2,1-3H3. The first-order valence-corrected chi connectivity index (χ1v) is 12.0. The second-order valence-corrected chi connectivity index (χ2v) is 8.32. The summed E-state index contributed by atoms with van der Waals surface area (Å²) in [5, 5.41) is 0. The molecule has 0 amide bonds. The maximum Gasteiger partial charge on any atom is 0.339 e. The molecule has 0 saturated carbocycles. The van der Waals surface area contributed by atoms with Crippen molar-refractivity contribution in [1.29, 1.82) is 0 Å². The highest BCUT2D eigenvalue weighted by Crippen LogP contribution is 2.15. The van der Waals surface area contributed by atoms with Gasteiger partial charge >= 0.3 is 11.9 Å². The second-order valence-electron chi connectivity index (χ2n) is 8.32. The van der Waals surface area contributed by atoms with Crippen LogP contribution in [-0.2, 0) is 14.2 Å². The first kappa shape index (κ1) is 27.2. The molecule has 0 aliphatic rings. The molecule has 1 rings (SSSR count). The summed E-state index contributed by atoms with van der Waals surface area (Å²) in [5.41, 5.74) is 0.542. The molecule has 0 radical (unpaired) electrons. The smallest absolute Gasteiger partial charge is 0.339 e. The summed E-state index contributed by atoms with van der Waals surface area (Å²) >= 11 is 0. The van der Waals surface area contributed by atoms with Gasteiger partial charge in [0, 0.05) is 13.7 Å². The van der Waals surface area contributed by atoms with Gasteiger partial charge in [0.05, 0.1) is 24.3 Å². The van der Waals surface area contributed by atoms with Crippen molar-refractivity contribution < 1.29 is 23.8 Å². The van der Waals surface area contributed by atoms with E-state index in [2.05, 4.69) is 13.8 Å². The monoisotopic (exact) mass is 434 g/mol. The molecule has 1 atom stereocenters. The Morgan fingerprint density at radius 2 is 1.23 bits per heavy atom. The van der Waals surface area contributed by atoms with Crippen molar-refractivity contribution in [3.63, 3.8) is 0 Å². The topological polar surface area (TPSA) is 61.8 Å². The van der Waals surface area contributed by atoms with Crippen molar-refractivity contribution in [1.82, 2.24) is 0 Å². The molecular formula is C26H42O5. The van der Waals surface area contributed by atoms with Crippen LogP contribution in [-0.4, -0.2) is 38.9 Å². The summed E-state index contributed by atoms with van der Waals surface area (Å²) in [6, 6.07) is 6.70. The van der Waals surface area contributed by atoms with Crippen molar-refractivity contribution in [2.24, 2.45) is 5.92 Å². The van der Waals surface area contributed by atoms with Crippen molar-refractivity contribution in [3.8, 4) is 0 Å². The summed E-state index contributed by atoms with van der Waals surface area (Å²) in [6.45, 7) is 5.74. The molecule has 0 aliphatic carbocycles. The maximum absolute atomic E-state index is 12.5. The van der Waals surface area contributed by atoms with Crippen LogP contribution < -0.4 is 0 Å². The molecule has 0 aromatic heterocycles. The predicted molar refractivity (Wildman–Crippen MR) is 125 cm³/mol. The third kappa shape index (κ3) is 12.5. The fourth-order valence-corrected chi connectivity index (χ4v) is 3.39. The zero-order valence-electron chi connectivity index (χ0n) is 19.8. The lowest BCUT2D eigenvalue weighted by atomic mass is 10.1. The second kappa shape index (κ2) is 17.8. The zero-order valence-corrected chi connectivity index (χ0v) is 19.8. The van der Waals surface area contributed by atoms with E-state index in [-0.39, 0.29) is 11.1 Å². The van der Waals surface area contributed by atoms with Gasteiger partial charge in [-0.15, -0.1) is 0 Å². The van der Waals surface area contributed by atoms with E-state index < -0.39 is 11.9 Å². The Hall–Kier alpha value is -1.88. The van der Waals surface area contributed by atoms with Gasteiger partial charge in [0.15, 0.2) is 0 Å². The Morgan fingerprint density at radius 1 is 0.742 bits per heavy atom. The van der Waals surface area contributed by atoms with Crippen LogP contribution >= 0.6 is 0 Å². The van der Waals surface area contributed by atoms with Gasteiger partial charge in [0.1, 0.15) is 0 Å². The lowest BCUT2D eigenvalue weighted by molar-refractivity contribution is 0.0440. The fourth-order valence-electron chi connectivity index (χ4n) is 3.39. The number of benzene rings is 1. The minimum atomic E-state index is -0.477. The molecule has 0 aliphatic heterocycles. The van der Waals surface area contributed by atoms with E-state index in [9.17, 15) is 9.59 Å². The number of carbonyl (C=O) groups is 2. The molecule has 0 fully saturated rings. The quantitative estimate of drug-likeness (QED) is 0.192. The number of rotatable bonds is 18. The predicted octanol–water partition coefficient (Wildman–Crippen LogP) is 6.59. The Bertz CT molecular complexity index is 614. The van der Waals surface area contributed by atoms with Crippen LogP contribution in [0.25, 0.3) is 0 Å². The molecule has 5 nitrogen and oxygen atoms in total. The summed E-state index contributed by atoms with van der Waals surface area (Å²) < 4.78 is 15.9. The van der Waals surface area contributed by atoms with Gasteiger partial charge in [-0.2, -0.15) is 0 Å². The van der Waals surface area contributed by atoms with Crippen LogP contribution in [0.1, 0.15) is 105 Å². The van der Waals surface area contributed by atoms with E-state index in [0.717, 1.165) is 25.7 Å². The van der Waals surface area contributed by atoms with Gasteiger partial charge in [0.25, 0.3) is 0 Å². The Labute approximate surface area is 188 Å². The number of esters is 2. The van der Waals surface area contributed by atoms with Gasteiger partial charge in [-0.3, -0.25) is 0 Å². The molecule has 0 bridgehead atoms. The third-order valence-corrected chi connectivity index (χ3v) is 5.51. The Balaban J connectivity index is 2.31. The number of methoxy groups -OCH3 is 1. The average molecular weight is 435 g/mol. The van der Waals surface area contributed by atoms with Crippen LogP contribution in [0.4, 0.5) is 0 Å². The third-order valence-electron chi connectivity index (χ3n) is 5.51. The molecule has 31 heavy (non-hydrogen) atoms. The number of hydrogen-bond acceptors (Lipinski definition) is 5. The minimum Gasteiger partial charge on any atom is -0.462 e. The molecule has 5 heteroatoms. The van der Waals surface area contributed by atoms with E-state index >= 15 is 0 Å². The van der Waals surface area contributed by atoms with Crippen LogP contribution in [0.5, 0.6) is 0 Å². The van der Waals surface area contributed by atoms with Crippen LogP contribution in [0.2, 0.25) is 0 Å². The zero-order chi connectivity index (χ0) is 22.7. The van der Waals surface area contributed by atoms with Gasteiger partial charge < -0.3 is 14.2 Å². The largest absolute Gasteiger partial charge is 0.462 e. The lowest BCUT2D eigenvalue weighted by Crippen LogP contribution is -2.15. The molecule has 0 saturated heterocycles. The van der Waals surface area contributed by atoms with Gasteiger partial charge in [-0.25, -0.2) is 9.59 Å². The van der Waals surface area contributed by atoms with Gasteiger partial charge in [-0.1, -0.05) is 77.3 Å². The SMILES string of the molecule is CCCCCCCCCCCOC(=O)c1ccccc1C(=O)OCCC(C)CCOC. The van der Waals surface area contributed by atoms with Crippen molar-refractivity contribution in [2.75, 3.05) is 26.9 Å². The number of hydrogen-bond donors (Lipinski definition) is 0. The highest BCUT2D eigenvalue weighted by atomic mass is 16.5. The summed E-state index contributed by atoms with van der Waals surface area (Å²) in [5.74, 6) is -0.528. The van der Waals surface area contributed by atoms with E-state index in [1.807, 2.05) is 0 Å². The summed E-state index contributed by atoms with van der Waals surface area (Å²) in [4.78, 5) is 24.9. The normalized spacial score (nSPS) is 11.8. The van der Waals surface area contributed by atoms with Gasteiger partial charge in [0.2, 0.25) is 0 Å². The highest BCUT2D eigenvalue weighted by molar-refractivity contribution is 6.03. The lowest BCUT2D eigenvalue weighted by Gasteiger charge is -2.12. The van der Waals surface area contributed by atoms with Crippen LogP contribution in [0, 0.1) is 5.92 Å². The number of ether oxygens (including phenoxy) is 3. The molecule has 0 heterocycles. The van der Waals surface area contributed by atoms with E-state index in [0.29, 0.717) is 25.7 Å². The molecule has 0 N–H and O–H groups in total.